The fourth-order valence-electron chi connectivity index (χ4n) is 3.27. The van der Waals surface area contributed by atoms with Crippen LogP contribution in [0.15, 0.2) is 36.9 Å². The van der Waals surface area contributed by atoms with Gasteiger partial charge in [0.05, 0.1) is 0 Å². The Hall–Kier alpha value is -1.77. The summed E-state index contributed by atoms with van der Waals surface area (Å²) in [5.41, 5.74) is 1.08. The second-order valence-electron chi connectivity index (χ2n) is 5.81. The van der Waals surface area contributed by atoms with Crippen molar-refractivity contribution in [2.75, 3.05) is 0 Å². The molecule has 0 spiro atoms. The summed E-state index contributed by atoms with van der Waals surface area (Å²) in [4.78, 5) is 0. The Morgan fingerprint density at radius 1 is 0.952 bits per heavy atom. The van der Waals surface area contributed by atoms with Gasteiger partial charge < -0.3 is 0 Å². The Bertz CT molecular complexity index is 682. The van der Waals surface area contributed by atoms with Crippen molar-refractivity contribution in [2.45, 2.75) is 31.6 Å². The van der Waals surface area contributed by atoms with Crippen LogP contribution in [0.5, 0.6) is 0 Å². The summed E-state index contributed by atoms with van der Waals surface area (Å²) in [6.07, 6.45) is 6.30. The molecule has 0 heterocycles. The maximum atomic E-state index is 13.7. The topological polar surface area (TPSA) is 0 Å². The van der Waals surface area contributed by atoms with E-state index in [9.17, 15) is 13.2 Å². The van der Waals surface area contributed by atoms with Crippen molar-refractivity contribution in [1.82, 2.24) is 0 Å². The number of hydrogen-bond acceptors (Lipinski definition) is 0. The van der Waals surface area contributed by atoms with Crippen LogP contribution in [0.1, 0.15) is 37.2 Å². The van der Waals surface area contributed by atoms with Gasteiger partial charge in [-0.3, -0.25) is 0 Å². The minimum absolute atomic E-state index is 0.137. The molecule has 3 rings (SSSR count). The van der Waals surface area contributed by atoms with Gasteiger partial charge >= 0.3 is 0 Å². The van der Waals surface area contributed by atoms with Crippen LogP contribution in [0.4, 0.5) is 13.2 Å². The van der Waals surface area contributed by atoms with Gasteiger partial charge in [0.15, 0.2) is 17.5 Å². The minimum atomic E-state index is -1.40. The van der Waals surface area contributed by atoms with E-state index >= 15 is 0 Å². The summed E-state index contributed by atoms with van der Waals surface area (Å²) < 4.78 is 40.3. The van der Waals surface area contributed by atoms with Crippen LogP contribution in [0, 0.1) is 23.4 Å². The van der Waals surface area contributed by atoms with E-state index in [0.29, 0.717) is 17.2 Å². The van der Waals surface area contributed by atoms with Gasteiger partial charge in [-0.15, -0.1) is 6.58 Å². The Balaban J connectivity index is 1.95. The van der Waals surface area contributed by atoms with Gasteiger partial charge in [-0.25, -0.2) is 13.2 Å². The van der Waals surface area contributed by atoms with Gasteiger partial charge in [0.2, 0.25) is 0 Å². The second kappa shape index (κ2) is 5.55. The lowest BCUT2D eigenvalue weighted by Gasteiger charge is -2.27. The van der Waals surface area contributed by atoms with Crippen LogP contribution < -0.4 is 0 Å². The summed E-state index contributed by atoms with van der Waals surface area (Å²) in [5.74, 6) is -2.66. The molecule has 0 aliphatic heterocycles. The number of allylic oxidation sites excluding steroid dienone is 1. The van der Waals surface area contributed by atoms with Crippen molar-refractivity contribution in [2.24, 2.45) is 5.92 Å². The van der Waals surface area contributed by atoms with E-state index in [4.69, 9.17) is 0 Å². The SMILES string of the molecule is C=CC1CCC(c2ccc3c(F)c(F)c(F)cc3c2)CC1. The van der Waals surface area contributed by atoms with E-state index in [1.165, 1.54) is 0 Å². The van der Waals surface area contributed by atoms with E-state index in [0.717, 1.165) is 37.3 Å². The third-order valence-electron chi connectivity index (χ3n) is 4.57. The molecule has 0 radical (unpaired) electrons. The average Bonchev–Trinajstić information content (AvgIpc) is 2.52. The molecule has 21 heavy (non-hydrogen) atoms. The molecule has 1 aliphatic rings. The molecular formula is C18H17F3. The predicted octanol–water partition coefficient (Wildman–Crippen LogP) is 5.72. The van der Waals surface area contributed by atoms with Crippen molar-refractivity contribution < 1.29 is 13.2 Å². The molecule has 1 saturated carbocycles. The smallest absolute Gasteiger partial charge is 0.195 e. The summed E-state index contributed by atoms with van der Waals surface area (Å²) >= 11 is 0. The highest BCUT2D eigenvalue weighted by atomic mass is 19.2. The predicted molar refractivity (Wildman–Crippen MR) is 78.7 cm³/mol. The van der Waals surface area contributed by atoms with Crippen molar-refractivity contribution in [3.63, 3.8) is 0 Å². The standard InChI is InChI=1S/C18H17F3/c1-2-11-3-5-12(6-4-11)13-7-8-15-14(9-13)10-16(19)18(21)17(15)20/h2,7-12H,1,3-6H2. The fraction of sp³-hybridized carbons (Fsp3) is 0.333. The molecule has 0 saturated heterocycles. The van der Waals surface area contributed by atoms with Gasteiger partial charge in [0.25, 0.3) is 0 Å². The molecular weight excluding hydrogens is 273 g/mol. The molecule has 2 aromatic rings. The van der Waals surface area contributed by atoms with E-state index in [1.54, 1.807) is 12.1 Å². The summed E-state index contributed by atoms with van der Waals surface area (Å²) in [6, 6.07) is 6.26. The Labute approximate surface area is 122 Å². The van der Waals surface area contributed by atoms with E-state index in [2.05, 4.69) is 6.58 Å². The summed E-state index contributed by atoms with van der Waals surface area (Å²) in [7, 11) is 0. The molecule has 0 nitrogen and oxygen atoms in total. The normalized spacial score (nSPS) is 22.4. The zero-order chi connectivity index (χ0) is 15.0. The first-order valence-corrected chi connectivity index (χ1v) is 7.30. The number of fused-ring (bicyclic) bond motifs is 1. The number of halogens is 3. The first-order valence-electron chi connectivity index (χ1n) is 7.30. The molecule has 0 N–H and O–H groups in total. The van der Waals surface area contributed by atoms with Crippen molar-refractivity contribution in [3.05, 3.63) is 59.9 Å². The molecule has 0 aromatic heterocycles. The maximum Gasteiger partial charge on any atom is 0.195 e. The lowest BCUT2D eigenvalue weighted by Crippen LogP contribution is -2.11. The molecule has 2 aromatic carbocycles. The lowest BCUT2D eigenvalue weighted by molar-refractivity contribution is 0.376. The number of hydrogen-bond donors (Lipinski definition) is 0. The van der Waals surface area contributed by atoms with E-state index < -0.39 is 17.5 Å². The van der Waals surface area contributed by atoms with Crippen LogP contribution in [0.25, 0.3) is 10.8 Å². The molecule has 110 valence electrons. The van der Waals surface area contributed by atoms with Crippen LogP contribution in [0.3, 0.4) is 0 Å². The third kappa shape index (κ3) is 2.57. The highest BCUT2D eigenvalue weighted by Crippen LogP contribution is 2.37. The molecule has 0 amide bonds. The average molecular weight is 290 g/mol. The quantitative estimate of drug-likeness (QED) is 0.490. The zero-order valence-electron chi connectivity index (χ0n) is 11.7. The Morgan fingerprint density at radius 3 is 2.33 bits per heavy atom. The van der Waals surface area contributed by atoms with Crippen LogP contribution in [0.2, 0.25) is 0 Å². The van der Waals surface area contributed by atoms with E-state index in [-0.39, 0.29) is 5.39 Å². The van der Waals surface area contributed by atoms with Crippen molar-refractivity contribution in [3.8, 4) is 0 Å². The minimum Gasteiger partial charge on any atom is -0.204 e. The highest BCUT2D eigenvalue weighted by Gasteiger charge is 2.21. The monoisotopic (exact) mass is 290 g/mol. The molecule has 3 heteroatoms. The largest absolute Gasteiger partial charge is 0.204 e. The second-order valence-corrected chi connectivity index (χ2v) is 5.81. The zero-order valence-corrected chi connectivity index (χ0v) is 11.7. The van der Waals surface area contributed by atoms with Gasteiger partial charge in [0, 0.05) is 5.39 Å². The maximum absolute atomic E-state index is 13.7. The van der Waals surface area contributed by atoms with Crippen molar-refractivity contribution >= 4 is 10.8 Å². The van der Waals surface area contributed by atoms with Crippen LogP contribution >= 0.6 is 0 Å². The lowest BCUT2D eigenvalue weighted by atomic mass is 9.78. The number of rotatable bonds is 2. The fourth-order valence-corrected chi connectivity index (χ4v) is 3.27. The highest BCUT2D eigenvalue weighted by molar-refractivity contribution is 5.84. The first kappa shape index (κ1) is 14.2. The summed E-state index contributed by atoms with van der Waals surface area (Å²) in [5, 5.41) is 0.562. The molecule has 0 atom stereocenters. The van der Waals surface area contributed by atoms with Crippen molar-refractivity contribution in [1.29, 1.82) is 0 Å². The third-order valence-corrected chi connectivity index (χ3v) is 4.57. The first-order chi connectivity index (χ1) is 10.1. The molecule has 0 bridgehead atoms. The molecule has 1 aliphatic carbocycles. The Morgan fingerprint density at radius 2 is 1.67 bits per heavy atom. The molecule has 0 unspecified atom stereocenters. The molecule has 1 fully saturated rings. The number of benzene rings is 2. The Kier molecular flexibility index (Phi) is 3.75. The van der Waals surface area contributed by atoms with Crippen LogP contribution in [-0.2, 0) is 0 Å². The van der Waals surface area contributed by atoms with Gasteiger partial charge in [-0.05, 0) is 54.5 Å². The van der Waals surface area contributed by atoms with E-state index in [1.807, 2.05) is 12.1 Å². The summed E-state index contributed by atoms with van der Waals surface area (Å²) in [6.45, 7) is 3.83. The van der Waals surface area contributed by atoms with Gasteiger partial charge in [-0.2, -0.15) is 0 Å². The van der Waals surface area contributed by atoms with Crippen LogP contribution in [-0.4, -0.2) is 0 Å². The van der Waals surface area contributed by atoms with Gasteiger partial charge in [-0.1, -0.05) is 24.3 Å². The van der Waals surface area contributed by atoms with Gasteiger partial charge in [0.1, 0.15) is 0 Å².